The molecule has 9 rings (SSSR count). The monoisotopic (exact) mass is 955 g/mol. The second kappa shape index (κ2) is 23.1. The molecule has 4 atom stereocenters. The van der Waals surface area contributed by atoms with Crippen molar-refractivity contribution in [1.29, 1.82) is 0 Å². The second-order valence-corrected chi connectivity index (χ2v) is 20.2. The molecule has 1 aliphatic heterocycles. The van der Waals surface area contributed by atoms with E-state index in [-0.39, 0.29) is 35.6 Å². The number of aryl methyl sites for hydroxylation is 4. The van der Waals surface area contributed by atoms with Gasteiger partial charge in [0.1, 0.15) is 22.9 Å². The highest BCUT2D eigenvalue weighted by Gasteiger charge is 2.50. The van der Waals surface area contributed by atoms with E-state index in [2.05, 4.69) is 82.9 Å². The molecule has 372 valence electrons. The molecule has 0 radical (unpaired) electrons. The van der Waals surface area contributed by atoms with E-state index >= 15 is 0 Å². The number of nitrogens with zero attached hydrogens (tertiary/aromatic N) is 2. The summed E-state index contributed by atoms with van der Waals surface area (Å²) in [6.45, 7) is 18.1. The summed E-state index contributed by atoms with van der Waals surface area (Å²) in [6.07, 6.45) is 7.94. The summed E-state index contributed by atoms with van der Waals surface area (Å²) in [4.78, 5) is 9.38. The SMILES string of the molecule is Cc1cccc(-c2nc(CO[C@H]3CCC[C@@H](OCc4ccccc4B(O)O)C3)c(C)o2)c1.Cc1cccc(-c2nc(CO[C@H]3CCC[C@@H](OCc4ccccc4C4OC(C)(C)C(C)(C)O4)C3)c(C)o2)c1. The number of rotatable bonds is 16. The fourth-order valence-electron chi connectivity index (χ4n) is 9.33. The zero-order valence-electron chi connectivity index (χ0n) is 42.2. The normalized spacial score (nSPS) is 21.1. The fourth-order valence-corrected chi connectivity index (χ4v) is 9.33. The Hall–Kier alpha value is -4.96. The van der Waals surface area contributed by atoms with Gasteiger partial charge in [0, 0.05) is 16.7 Å². The van der Waals surface area contributed by atoms with Gasteiger partial charge in [0.15, 0.2) is 6.29 Å². The average Bonchev–Trinajstić information content (AvgIpc) is 3.99. The van der Waals surface area contributed by atoms with Gasteiger partial charge in [-0.1, -0.05) is 83.9 Å². The molecule has 0 spiro atoms. The maximum absolute atomic E-state index is 9.54. The van der Waals surface area contributed by atoms with E-state index < -0.39 is 13.4 Å². The number of hydrogen-bond acceptors (Lipinski definition) is 12. The van der Waals surface area contributed by atoms with E-state index in [9.17, 15) is 10.0 Å². The molecule has 3 fully saturated rings. The van der Waals surface area contributed by atoms with Gasteiger partial charge >= 0.3 is 7.12 Å². The molecule has 0 amide bonds. The van der Waals surface area contributed by atoms with E-state index in [0.29, 0.717) is 43.7 Å². The quantitative estimate of drug-likeness (QED) is 0.0890. The first-order chi connectivity index (χ1) is 33.6. The maximum Gasteiger partial charge on any atom is 0.488 e. The second-order valence-electron chi connectivity index (χ2n) is 20.2. The minimum atomic E-state index is -1.49. The summed E-state index contributed by atoms with van der Waals surface area (Å²) in [5.74, 6) is 2.86. The topological polar surface area (TPSA) is 148 Å². The molecule has 13 heteroatoms. The number of hydrogen-bond donors (Lipinski definition) is 2. The van der Waals surface area contributed by atoms with Crippen molar-refractivity contribution < 1.29 is 47.3 Å². The molecule has 3 aliphatic rings. The predicted molar refractivity (Wildman–Crippen MR) is 270 cm³/mol. The molecule has 1 saturated heterocycles. The first kappa shape index (κ1) is 51.4. The van der Waals surface area contributed by atoms with Crippen LogP contribution in [0.2, 0.25) is 0 Å². The molecule has 70 heavy (non-hydrogen) atoms. The zero-order chi connectivity index (χ0) is 49.4. The van der Waals surface area contributed by atoms with Gasteiger partial charge < -0.3 is 47.3 Å². The summed E-state index contributed by atoms with van der Waals surface area (Å²) < 4.78 is 49.5. The Kier molecular flexibility index (Phi) is 16.9. The minimum Gasteiger partial charge on any atom is -0.441 e. The predicted octanol–water partition coefficient (Wildman–Crippen LogP) is 11.3. The third-order valence-corrected chi connectivity index (χ3v) is 14.2. The highest BCUT2D eigenvalue weighted by molar-refractivity contribution is 6.59. The van der Waals surface area contributed by atoms with Crippen LogP contribution in [0.5, 0.6) is 0 Å². The Morgan fingerprint density at radius 2 is 0.971 bits per heavy atom. The van der Waals surface area contributed by atoms with Gasteiger partial charge in [-0.3, -0.25) is 0 Å². The number of ether oxygens (including phenoxy) is 6. The van der Waals surface area contributed by atoms with Crippen molar-refractivity contribution in [3.05, 3.63) is 148 Å². The van der Waals surface area contributed by atoms with Crippen molar-refractivity contribution in [2.24, 2.45) is 0 Å². The van der Waals surface area contributed by atoms with E-state index in [0.717, 1.165) is 102 Å². The molecule has 2 aliphatic carbocycles. The molecule has 2 saturated carbocycles. The van der Waals surface area contributed by atoms with Crippen LogP contribution in [0.4, 0.5) is 0 Å². The molecule has 6 aromatic rings. The van der Waals surface area contributed by atoms with Crippen LogP contribution in [0.15, 0.2) is 106 Å². The van der Waals surface area contributed by atoms with Crippen LogP contribution in [0.3, 0.4) is 0 Å². The third-order valence-electron chi connectivity index (χ3n) is 14.2. The Balaban J connectivity index is 0.000000191. The first-order valence-corrected chi connectivity index (χ1v) is 25.0. The summed E-state index contributed by atoms with van der Waals surface area (Å²) in [5, 5.41) is 19.1. The lowest BCUT2D eigenvalue weighted by molar-refractivity contribution is -0.0922. The number of oxazole rings is 2. The lowest BCUT2D eigenvalue weighted by Crippen LogP contribution is -2.41. The van der Waals surface area contributed by atoms with Crippen molar-refractivity contribution in [1.82, 2.24) is 9.97 Å². The summed E-state index contributed by atoms with van der Waals surface area (Å²) in [5.41, 5.74) is 8.70. The van der Waals surface area contributed by atoms with E-state index in [1.165, 1.54) is 11.1 Å². The Morgan fingerprint density at radius 3 is 1.44 bits per heavy atom. The Labute approximate surface area is 414 Å². The smallest absolute Gasteiger partial charge is 0.441 e. The summed E-state index contributed by atoms with van der Waals surface area (Å²) in [7, 11) is -1.49. The van der Waals surface area contributed by atoms with Crippen molar-refractivity contribution in [2.45, 2.75) is 175 Å². The summed E-state index contributed by atoms with van der Waals surface area (Å²) >= 11 is 0. The lowest BCUT2D eigenvalue weighted by Gasteiger charge is -2.30. The van der Waals surface area contributed by atoms with Crippen LogP contribution in [-0.2, 0) is 54.8 Å². The molecule has 4 aromatic carbocycles. The Morgan fingerprint density at radius 1 is 0.543 bits per heavy atom. The molecular weight excluding hydrogens is 883 g/mol. The van der Waals surface area contributed by atoms with Gasteiger partial charge in [-0.25, -0.2) is 9.97 Å². The lowest BCUT2D eigenvalue weighted by atomic mass is 9.77. The molecule has 0 bridgehead atoms. The standard InChI is InChI=1S/C32H41NO5.C25H30BNO5/c1-21-11-9-13-23(17-21)29-33-28(22(2)36-29)20-35-26-15-10-14-25(18-26)34-19-24-12-7-8-16-27(24)30-37-31(3,4)32(5,6)38-30;1-17-7-5-9-19(13-17)25-27-24(18(2)32-25)16-31-22-11-6-10-21(14-22)30-15-20-8-3-4-12-23(20)26(28)29/h7-9,11-13,16-17,25-26,30H,10,14-15,18-20H2,1-6H3;3-5,7-9,12-13,21-22,28-29H,6,10-11,14-16H2,1-2H3/t25-,26+;21-,22+/m11/s1. The average molecular weight is 955 g/mol. The van der Waals surface area contributed by atoms with Crippen molar-refractivity contribution in [3.63, 3.8) is 0 Å². The van der Waals surface area contributed by atoms with E-state index in [1.807, 2.05) is 62.4 Å². The van der Waals surface area contributed by atoms with Crippen molar-refractivity contribution >= 4 is 12.6 Å². The van der Waals surface area contributed by atoms with Gasteiger partial charge in [0.05, 0.1) is 62.0 Å². The van der Waals surface area contributed by atoms with Gasteiger partial charge in [0.25, 0.3) is 0 Å². The largest absolute Gasteiger partial charge is 0.488 e. The molecule has 0 unspecified atom stereocenters. The molecule has 3 heterocycles. The van der Waals surface area contributed by atoms with Crippen LogP contribution in [0.25, 0.3) is 22.9 Å². The molecular formula is C57H71BN2O10. The highest BCUT2D eigenvalue weighted by Crippen LogP contribution is 2.45. The van der Waals surface area contributed by atoms with Gasteiger partial charge in [-0.2, -0.15) is 0 Å². The van der Waals surface area contributed by atoms with Crippen LogP contribution in [-0.4, -0.2) is 62.8 Å². The van der Waals surface area contributed by atoms with Crippen LogP contribution in [0.1, 0.15) is 136 Å². The minimum absolute atomic E-state index is 0.0823. The number of benzene rings is 4. The molecule has 2 aromatic heterocycles. The van der Waals surface area contributed by atoms with E-state index in [4.69, 9.17) is 42.2 Å². The van der Waals surface area contributed by atoms with Crippen molar-refractivity contribution in [2.75, 3.05) is 0 Å². The van der Waals surface area contributed by atoms with Gasteiger partial charge in [-0.15, -0.1) is 0 Å². The zero-order valence-corrected chi connectivity index (χ0v) is 42.2. The van der Waals surface area contributed by atoms with Gasteiger partial charge in [0.2, 0.25) is 11.8 Å². The fraction of sp³-hybridized carbons (Fsp3) is 0.474. The van der Waals surface area contributed by atoms with Crippen LogP contribution < -0.4 is 5.46 Å². The summed E-state index contributed by atoms with van der Waals surface area (Å²) in [6, 6.07) is 31.8. The van der Waals surface area contributed by atoms with E-state index in [1.54, 1.807) is 12.1 Å². The van der Waals surface area contributed by atoms with Crippen LogP contribution in [0, 0.1) is 27.7 Å². The molecule has 12 nitrogen and oxygen atoms in total. The maximum atomic E-state index is 9.54. The van der Waals surface area contributed by atoms with Crippen LogP contribution >= 0.6 is 0 Å². The van der Waals surface area contributed by atoms with Crippen molar-refractivity contribution in [3.8, 4) is 22.9 Å². The third kappa shape index (κ3) is 13.1. The van der Waals surface area contributed by atoms with Gasteiger partial charge in [-0.05, 0) is 148 Å². The number of aromatic nitrogens is 2. The molecule has 2 N–H and O–H groups in total. The first-order valence-electron chi connectivity index (χ1n) is 25.0. The highest BCUT2D eigenvalue weighted by atomic mass is 16.7. The Bertz CT molecular complexity index is 2620.